The zero-order chi connectivity index (χ0) is 14.1. The Kier molecular flexibility index (Phi) is 4.28. The van der Waals surface area contributed by atoms with Gasteiger partial charge in [0.25, 0.3) is 0 Å². The molecule has 0 bridgehead atoms. The van der Waals surface area contributed by atoms with Crippen molar-refractivity contribution in [3.63, 3.8) is 0 Å². The summed E-state index contributed by atoms with van der Waals surface area (Å²) in [6.45, 7) is 0.975. The molecular weight excluding hydrogens is 456 g/mol. The second-order valence-corrected chi connectivity index (χ2v) is 6.73. The summed E-state index contributed by atoms with van der Waals surface area (Å²) in [7, 11) is 0. The summed E-state index contributed by atoms with van der Waals surface area (Å²) >= 11 is 11.8. The lowest BCUT2D eigenvalue weighted by molar-refractivity contribution is 0.174. The smallest absolute Gasteiger partial charge is 0.231 e. The van der Waals surface area contributed by atoms with Crippen LogP contribution in [0.25, 0.3) is 0 Å². The maximum atomic E-state index is 5.95. The van der Waals surface area contributed by atoms with Gasteiger partial charge in [-0.15, -0.1) is 0 Å². The van der Waals surface area contributed by atoms with Crippen LogP contribution in [0.15, 0.2) is 34.8 Å². The lowest BCUT2D eigenvalue weighted by Crippen LogP contribution is -2.01. The van der Waals surface area contributed by atoms with Gasteiger partial charge in [0.05, 0.1) is 0 Å². The van der Waals surface area contributed by atoms with Gasteiger partial charge in [-0.05, 0) is 58.5 Å². The summed E-state index contributed by atoms with van der Waals surface area (Å²) in [5.41, 5.74) is 2.17. The summed E-state index contributed by atoms with van der Waals surface area (Å²) < 4.78 is 12.8. The fourth-order valence-corrected chi connectivity index (χ4v) is 3.44. The minimum Gasteiger partial charge on any atom is -0.454 e. The Bertz CT molecular complexity index is 666. The van der Waals surface area contributed by atoms with Gasteiger partial charge in [-0.2, -0.15) is 0 Å². The van der Waals surface area contributed by atoms with Crippen LogP contribution < -0.4 is 14.8 Å². The van der Waals surface area contributed by atoms with Gasteiger partial charge in [0.1, 0.15) is 0 Å². The van der Waals surface area contributed by atoms with Crippen molar-refractivity contribution in [3.05, 3.63) is 49.0 Å². The monoisotopic (exact) mass is 465 g/mol. The number of halogens is 3. The van der Waals surface area contributed by atoms with Crippen molar-refractivity contribution in [1.29, 1.82) is 0 Å². The summed E-state index contributed by atoms with van der Waals surface area (Å²) in [6, 6.07) is 9.71. The fourth-order valence-electron chi connectivity index (χ4n) is 1.92. The van der Waals surface area contributed by atoms with Crippen molar-refractivity contribution in [2.24, 2.45) is 0 Å². The molecule has 0 aliphatic carbocycles. The number of hydrogen-bond acceptors (Lipinski definition) is 3. The topological polar surface area (TPSA) is 30.5 Å². The van der Waals surface area contributed by atoms with Crippen LogP contribution in [-0.2, 0) is 6.54 Å². The average Bonchev–Trinajstić information content (AvgIpc) is 2.84. The van der Waals surface area contributed by atoms with Gasteiger partial charge in [-0.1, -0.05) is 27.5 Å². The minimum atomic E-state index is 0.285. The Labute approximate surface area is 143 Å². The molecule has 1 heterocycles. The number of fused-ring (bicyclic) bond motifs is 1. The van der Waals surface area contributed by atoms with E-state index in [9.17, 15) is 0 Å². The molecule has 0 amide bonds. The van der Waals surface area contributed by atoms with Crippen LogP contribution in [0.2, 0.25) is 5.02 Å². The molecule has 0 saturated heterocycles. The summed E-state index contributed by atoms with van der Waals surface area (Å²) in [6.07, 6.45) is 0. The molecule has 0 radical (unpaired) electrons. The van der Waals surface area contributed by atoms with E-state index in [0.29, 0.717) is 6.54 Å². The van der Waals surface area contributed by atoms with E-state index in [4.69, 9.17) is 21.1 Å². The molecule has 0 aromatic heterocycles. The van der Waals surface area contributed by atoms with Crippen molar-refractivity contribution in [3.8, 4) is 11.5 Å². The first-order chi connectivity index (χ1) is 9.63. The van der Waals surface area contributed by atoms with Gasteiger partial charge in [-0.3, -0.25) is 0 Å². The highest BCUT2D eigenvalue weighted by atomic mass is 127. The second kappa shape index (κ2) is 5.99. The summed E-state index contributed by atoms with van der Waals surface area (Å²) in [5, 5.41) is 4.14. The second-order valence-electron chi connectivity index (χ2n) is 4.27. The summed E-state index contributed by atoms with van der Waals surface area (Å²) in [4.78, 5) is 0. The Morgan fingerprint density at radius 1 is 1.20 bits per heavy atom. The summed E-state index contributed by atoms with van der Waals surface area (Å²) in [5.74, 6) is 1.57. The van der Waals surface area contributed by atoms with E-state index in [-0.39, 0.29) is 6.79 Å². The minimum absolute atomic E-state index is 0.285. The van der Waals surface area contributed by atoms with Gasteiger partial charge < -0.3 is 14.8 Å². The number of nitrogens with one attached hydrogen (secondary N) is 1. The Morgan fingerprint density at radius 2 is 1.95 bits per heavy atom. The third kappa shape index (κ3) is 2.99. The van der Waals surface area contributed by atoms with Crippen LogP contribution in [-0.4, -0.2) is 6.79 Å². The lowest BCUT2D eigenvalue weighted by Gasteiger charge is -2.11. The first-order valence-electron chi connectivity index (χ1n) is 5.90. The van der Waals surface area contributed by atoms with E-state index in [1.54, 1.807) is 0 Å². The third-order valence-electron chi connectivity index (χ3n) is 2.94. The molecule has 0 unspecified atom stereocenters. The van der Waals surface area contributed by atoms with Crippen molar-refractivity contribution in [2.75, 3.05) is 12.1 Å². The molecular formula is C14H10BrClINO2. The molecule has 3 rings (SSSR count). The van der Waals surface area contributed by atoms with Crippen molar-refractivity contribution >= 4 is 55.8 Å². The third-order valence-corrected chi connectivity index (χ3v) is 4.81. The van der Waals surface area contributed by atoms with Crippen LogP contribution in [0.4, 0.5) is 5.69 Å². The quantitative estimate of drug-likeness (QED) is 0.643. The normalized spacial score (nSPS) is 12.6. The van der Waals surface area contributed by atoms with Crippen LogP contribution in [0.1, 0.15) is 5.56 Å². The standard InChI is InChI=1S/C14H10BrClINO2/c15-10-5-14-13(19-7-20-14)3-8(10)6-18-12-2-1-9(16)4-11(12)17/h1-5,18H,6-7H2. The van der Waals surface area contributed by atoms with Crippen LogP contribution in [0.3, 0.4) is 0 Å². The Morgan fingerprint density at radius 3 is 2.70 bits per heavy atom. The van der Waals surface area contributed by atoms with E-state index in [1.807, 2.05) is 30.3 Å². The lowest BCUT2D eigenvalue weighted by atomic mass is 10.2. The highest BCUT2D eigenvalue weighted by molar-refractivity contribution is 14.1. The van der Waals surface area contributed by atoms with Crippen LogP contribution >= 0.6 is 50.1 Å². The SMILES string of the molecule is Clc1ccc(NCc2cc3c(cc2Br)OCO3)c(I)c1. The number of anilines is 1. The van der Waals surface area contributed by atoms with Crippen molar-refractivity contribution in [2.45, 2.75) is 6.54 Å². The maximum Gasteiger partial charge on any atom is 0.231 e. The van der Waals surface area contributed by atoms with Gasteiger partial charge >= 0.3 is 0 Å². The molecule has 104 valence electrons. The van der Waals surface area contributed by atoms with Crippen LogP contribution in [0.5, 0.6) is 11.5 Å². The molecule has 1 aliphatic rings. The molecule has 1 N–H and O–H groups in total. The van der Waals surface area contributed by atoms with E-state index < -0.39 is 0 Å². The molecule has 3 nitrogen and oxygen atoms in total. The number of ether oxygens (including phenoxy) is 2. The van der Waals surface area contributed by atoms with Gasteiger partial charge in [-0.25, -0.2) is 0 Å². The van der Waals surface area contributed by atoms with Crippen molar-refractivity contribution in [1.82, 2.24) is 0 Å². The van der Waals surface area contributed by atoms with Crippen molar-refractivity contribution < 1.29 is 9.47 Å². The maximum absolute atomic E-state index is 5.95. The largest absolute Gasteiger partial charge is 0.454 e. The predicted octanol–water partition coefficient (Wildman–Crippen LogP) is 5.05. The van der Waals surface area contributed by atoms with Gasteiger partial charge in [0.2, 0.25) is 6.79 Å². The molecule has 0 saturated carbocycles. The van der Waals surface area contributed by atoms with Crippen LogP contribution in [0, 0.1) is 3.57 Å². The van der Waals surface area contributed by atoms with E-state index in [0.717, 1.165) is 35.8 Å². The van der Waals surface area contributed by atoms with Gasteiger partial charge in [0, 0.05) is 25.3 Å². The highest BCUT2D eigenvalue weighted by Crippen LogP contribution is 2.37. The molecule has 6 heteroatoms. The molecule has 2 aromatic rings. The molecule has 20 heavy (non-hydrogen) atoms. The molecule has 1 aliphatic heterocycles. The first-order valence-corrected chi connectivity index (χ1v) is 8.15. The fraction of sp³-hybridized carbons (Fsp3) is 0.143. The van der Waals surface area contributed by atoms with Gasteiger partial charge in [0.15, 0.2) is 11.5 Å². The Balaban J connectivity index is 1.78. The number of benzene rings is 2. The average molecular weight is 467 g/mol. The molecule has 0 spiro atoms. The zero-order valence-corrected chi connectivity index (χ0v) is 14.8. The molecule has 2 aromatic carbocycles. The van der Waals surface area contributed by atoms with E-state index >= 15 is 0 Å². The predicted molar refractivity (Wildman–Crippen MR) is 91.8 cm³/mol. The van der Waals surface area contributed by atoms with E-state index in [1.165, 1.54) is 0 Å². The number of hydrogen-bond donors (Lipinski definition) is 1. The highest BCUT2D eigenvalue weighted by Gasteiger charge is 2.16. The molecule has 0 atom stereocenters. The Hall–Kier alpha value is -0.660. The van der Waals surface area contributed by atoms with E-state index in [2.05, 4.69) is 43.8 Å². The molecule has 0 fully saturated rings. The first kappa shape index (κ1) is 14.3. The number of rotatable bonds is 3. The zero-order valence-electron chi connectivity index (χ0n) is 10.3.